The number of rotatable bonds is 5. The number of furan rings is 1. The largest absolute Gasteiger partial charge is 0.464 e. The summed E-state index contributed by atoms with van der Waals surface area (Å²) in [5, 5.41) is 4.72. The predicted octanol–water partition coefficient (Wildman–Crippen LogP) is 3.79. The highest BCUT2D eigenvalue weighted by molar-refractivity contribution is 5.13. The molecule has 1 atom stereocenters. The Bertz CT molecular complexity index is 566. The first-order chi connectivity index (χ1) is 10.3. The summed E-state index contributed by atoms with van der Waals surface area (Å²) >= 11 is 0. The lowest BCUT2D eigenvalue weighted by atomic mass is 9.96. The maximum absolute atomic E-state index is 6.24. The molecule has 1 saturated carbocycles. The van der Waals surface area contributed by atoms with Crippen molar-refractivity contribution >= 4 is 0 Å². The molecular formula is C17H25N3O. The van der Waals surface area contributed by atoms with Gasteiger partial charge in [0, 0.05) is 19.0 Å². The minimum absolute atomic E-state index is 0.111. The van der Waals surface area contributed by atoms with Gasteiger partial charge >= 0.3 is 0 Å². The van der Waals surface area contributed by atoms with Crippen molar-refractivity contribution in [2.75, 3.05) is 0 Å². The lowest BCUT2D eigenvalue weighted by Crippen LogP contribution is -2.15. The van der Waals surface area contributed by atoms with Crippen molar-refractivity contribution in [2.24, 2.45) is 5.73 Å². The van der Waals surface area contributed by atoms with E-state index >= 15 is 0 Å². The molecule has 1 aliphatic rings. The fourth-order valence-electron chi connectivity index (χ4n) is 3.14. The van der Waals surface area contributed by atoms with Crippen LogP contribution in [0.4, 0.5) is 0 Å². The average molecular weight is 287 g/mol. The van der Waals surface area contributed by atoms with Gasteiger partial charge in [-0.2, -0.15) is 5.10 Å². The molecule has 1 fully saturated rings. The van der Waals surface area contributed by atoms with Crippen LogP contribution in [0, 0.1) is 0 Å². The second kappa shape index (κ2) is 6.48. The summed E-state index contributed by atoms with van der Waals surface area (Å²) in [6, 6.07) is 6.56. The molecule has 0 spiro atoms. The van der Waals surface area contributed by atoms with Crippen molar-refractivity contribution in [1.29, 1.82) is 0 Å². The minimum atomic E-state index is -0.111. The molecule has 2 heterocycles. The molecule has 3 rings (SSSR count). The second-order valence-electron chi connectivity index (χ2n) is 6.05. The molecule has 1 unspecified atom stereocenters. The van der Waals surface area contributed by atoms with Gasteiger partial charge in [0.05, 0.1) is 17.8 Å². The summed E-state index contributed by atoms with van der Waals surface area (Å²) in [5.41, 5.74) is 7.30. The van der Waals surface area contributed by atoms with Crippen molar-refractivity contribution in [3.8, 4) is 0 Å². The summed E-state index contributed by atoms with van der Waals surface area (Å²) < 4.78 is 7.87. The Morgan fingerprint density at radius 3 is 2.81 bits per heavy atom. The van der Waals surface area contributed by atoms with Crippen LogP contribution in [-0.4, -0.2) is 9.78 Å². The monoisotopic (exact) mass is 287 g/mol. The number of aromatic nitrogens is 2. The van der Waals surface area contributed by atoms with E-state index in [9.17, 15) is 0 Å². The van der Waals surface area contributed by atoms with E-state index in [4.69, 9.17) is 15.2 Å². The van der Waals surface area contributed by atoms with Gasteiger partial charge in [0.25, 0.3) is 0 Å². The van der Waals surface area contributed by atoms with E-state index in [1.165, 1.54) is 32.1 Å². The molecule has 0 aromatic carbocycles. The Hall–Kier alpha value is -1.55. The van der Waals surface area contributed by atoms with Crippen molar-refractivity contribution in [3.63, 3.8) is 0 Å². The first-order valence-electron chi connectivity index (χ1n) is 8.14. The SMILES string of the molecule is CCc1ccc(C(N)Cc2ccn(C3CCCCC3)n2)o1. The fourth-order valence-corrected chi connectivity index (χ4v) is 3.14. The van der Waals surface area contributed by atoms with E-state index < -0.39 is 0 Å². The fraction of sp³-hybridized carbons (Fsp3) is 0.588. The van der Waals surface area contributed by atoms with Gasteiger partial charge in [-0.05, 0) is 31.0 Å². The van der Waals surface area contributed by atoms with Gasteiger partial charge in [0.15, 0.2) is 0 Å². The van der Waals surface area contributed by atoms with Gasteiger partial charge in [0.2, 0.25) is 0 Å². The van der Waals surface area contributed by atoms with Crippen molar-refractivity contribution in [2.45, 2.75) is 64.0 Å². The second-order valence-corrected chi connectivity index (χ2v) is 6.05. The third kappa shape index (κ3) is 3.38. The lowest BCUT2D eigenvalue weighted by Gasteiger charge is -2.21. The van der Waals surface area contributed by atoms with Crippen molar-refractivity contribution in [1.82, 2.24) is 9.78 Å². The molecule has 0 radical (unpaired) electrons. The van der Waals surface area contributed by atoms with Crippen LogP contribution >= 0.6 is 0 Å². The first-order valence-corrected chi connectivity index (χ1v) is 8.14. The Morgan fingerprint density at radius 2 is 2.10 bits per heavy atom. The molecule has 0 aliphatic heterocycles. The smallest absolute Gasteiger partial charge is 0.121 e. The van der Waals surface area contributed by atoms with Crippen LogP contribution in [-0.2, 0) is 12.8 Å². The maximum Gasteiger partial charge on any atom is 0.121 e. The minimum Gasteiger partial charge on any atom is -0.464 e. The molecule has 1 aliphatic carbocycles. The first kappa shape index (κ1) is 14.4. The quantitative estimate of drug-likeness (QED) is 0.910. The zero-order chi connectivity index (χ0) is 14.7. The molecular weight excluding hydrogens is 262 g/mol. The summed E-state index contributed by atoms with van der Waals surface area (Å²) in [5.74, 6) is 1.85. The van der Waals surface area contributed by atoms with E-state index in [2.05, 4.69) is 23.9 Å². The highest BCUT2D eigenvalue weighted by atomic mass is 16.3. The van der Waals surface area contributed by atoms with Gasteiger partial charge in [-0.15, -0.1) is 0 Å². The highest BCUT2D eigenvalue weighted by Crippen LogP contribution is 2.28. The zero-order valence-electron chi connectivity index (χ0n) is 12.8. The molecule has 2 aromatic rings. The normalized spacial score (nSPS) is 18.0. The zero-order valence-corrected chi connectivity index (χ0v) is 12.8. The van der Waals surface area contributed by atoms with Gasteiger partial charge < -0.3 is 10.2 Å². The average Bonchev–Trinajstić information content (AvgIpc) is 3.17. The maximum atomic E-state index is 6.24. The lowest BCUT2D eigenvalue weighted by molar-refractivity contribution is 0.327. The third-order valence-electron chi connectivity index (χ3n) is 4.44. The molecule has 4 nitrogen and oxygen atoms in total. The van der Waals surface area contributed by atoms with Crippen LogP contribution in [0.25, 0.3) is 0 Å². The summed E-state index contributed by atoms with van der Waals surface area (Å²) in [4.78, 5) is 0. The summed E-state index contributed by atoms with van der Waals surface area (Å²) in [7, 11) is 0. The predicted molar refractivity (Wildman–Crippen MR) is 83.1 cm³/mol. The molecule has 4 heteroatoms. The molecule has 21 heavy (non-hydrogen) atoms. The van der Waals surface area contributed by atoms with Crippen molar-refractivity contribution in [3.05, 3.63) is 41.6 Å². The molecule has 2 aromatic heterocycles. The Labute approximate surface area is 126 Å². The van der Waals surface area contributed by atoms with Gasteiger partial charge in [0.1, 0.15) is 11.5 Å². The van der Waals surface area contributed by atoms with Crippen molar-refractivity contribution < 1.29 is 4.42 Å². The number of nitrogens with zero attached hydrogens (tertiary/aromatic N) is 2. The Balaban J connectivity index is 1.63. The van der Waals surface area contributed by atoms with Crippen LogP contribution in [0.15, 0.2) is 28.8 Å². The van der Waals surface area contributed by atoms with Gasteiger partial charge in [-0.25, -0.2) is 0 Å². The van der Waals surface area contributed by atoms with Gasteiger partial charge in [-0.1, -0.05) is 26.2 Å². The number of nitrogens with two attached hydrogens (primary N) is 1. The number of aryl methyl sites for hydroxylation is 1. The van der Waals surface area contributed by atoms with Crippen LogP contribution in [0.1, 0.15) is 68.3 Å². The van der Waals surface area contributed by atoms with Crippen LogP contribution < -0.4 is 5.73 Å². The van der Waals surface area contributed by atoms with E-state index in [0.717, 1.165) is 30.1 Å². The Kier molecular flexibility index (Phi) is 4.44. The molecule has 0 amide bonds. The Morgan fingerprint density at radius 1 is 1.29 bits per heavy atom. The molecule has 0 saturated heterocycles. The third-order valence-corrected chi connectivity index (χ3v) is 4.44. The summed E-state index contributed by atoms with van der Waals surface area (Å²) in [6.45, 7) is 2.08. The topological polar surface area (TPSA) is 57.0 Å². The summed E-state index contributed by atoms with van der Waals surface area (Å²) in [6.07, 6.45) is 10.3. The standard InChI is InChI=1S/C17H25N3O/c1-2-15-8-9-17(21-15)16(18)12-13-10-11-20(19-13)14-6-4-3-5-7-14/h8-11,14,16H,2-7,12,18H2,1H3. The number of hydrogen-bond acceptors (Lipinski definition) is 3. The van der Waals surface area contributed by atoms with Crippen LogP contribution in [0.5, 0.6) is 0 Å². The van der Waals surface area contributed by atoms with Crippen LogP contribution in [0.3, 0.4) is 0 Å². The van der Waals surface area contributed by atoms with E-state index in [0.29, 0.717) is 6.04 Å². The van der Waals surface area contributed by atoms with Gasteiger partial charge in [-0.3, -0.25) is 4.68 Å². The number of hydrogen-bond donors (Lipinski definition) is 1. The molecule has 2 N–H and O–H groups in total. The highest BCUT2D eigenvalue weighted by Gasteiger charge is 2.17. The van der Waals surface area contributed by atoms with E-state index in [-0.39, 0.29) is 6.04 Å². The molecule has 0 bridgehead atoms. The van der Waals surface area contributed by atoms with E-state index in [1.54, 1.807) is 0 Å². The van der Waals surface area contributed by atoms with E-state index in [1.807, 2.05) is 12.1 Å². The molecule has 114 valence electrons. The van der Waals surface area contributed by atoms with Crippen LogP contribution in [0.2, 0.25) is 0 Å².